The van der Waals surface area contributed by atoms with Crippen molar-refractivity contribution in [3.05, 3.63) is 35.7 Å². The largest absolute Gasteiger partial charge is 0.462 e. The maximum absolute atomic E-state index is 11.3. The second kappa shape index (κ2) is 6.28. The molecule has 0 atom stereocenters. The molecule has 0 radical (unpaired) electrons. The van der Waals surface area contributed by atoms with E-state index in [9.17, 15) is 4.79 Å². The second-order valence-electron chi connectivity index (χ2n) is 3.20. The Hall–Kier alpha value is -2.35. The van der Waals surface area contributed by atoms with Crippen LogP contribution in [-0.4, -0.2) is 17.6 Å². The van der Waals surface area contributed by atoms with Crippen molar-refractivity contribution in [2.24, 2.45) is 0 Å². The zero-order chi connectivity index (χ0) is 12.7. The Morgan fingerprint density at radius 1 is 1.71 bits per heavy atom. The van der Waals surface area contributed by atoms with Gasteiger partial charge in [-0.3, -0.25) is 0 Å². The smallest absolute Gasteiger partial charge is 0.350 e. The first-order valence-electron chi connectivity index (χ1n) is 5.14. The van der Waals surface area contributed by atoms with Gasteiger partial charge in [0.15, 0.2) is 5.57 Å². The number of esters is 1. The van der Waals surface area contributed by atoms with E-state index in [1.54, 1.807) is 25.3 Å². The highest BCUT2D eigenvalue weighted by Crippen LogP contribution is 2.09. The zero-order valence-electron chi connectivity index (χ0n) is 9.73. The quantitative estimate of drug-likeness (QED) is 0.485. The molecular weight excluding hydrogens is 218 g/mol. The van der Waals surface area contributed by atoms with Gasteiger partial charge in [-0.25, -0.2) is 9.78 Å². The van der Waals surface area contributed by atoms with Gasteiger partial charge in [0, 0.05) is 12.4 Å². The molecule has 0 fully saturated rings. The SMILES string of the molecule is CCOC(=O)/C(C#N)=C/Nc1ncccc1C. The number of aromatic nitrogens is 1. The molecule has 0 aliphatic rings. The normalized spacial score (nSPS) is 10.5. The topological polar surface area (TPSA) is 75.0 Å². The number of anilines is 1. The van der Waals surface area contributed by atoms with Crippen LogP contribution >= 0.6 is 0 Å². The Balaban J connectivity index is 2.79. The maximum Gasteiger partial charge on any atom is 0.350 e. The lowest BCUT2D eigenvalue weighted by atomic mass is 10.3. The van der Waals surface area contributed by atoms with Crippen molar-refractivity contribution in [1.82, 2.24) is 4.98 Å². The van der Waals surface area contributed by atoms with Crippen LogP contribution in [0.5, 0.6) is 0 Å². The number of nitriles is 1. The van der Waals surface area contributed by atoms with Crippen LogP contribution in [0.3, 0.4) is 0 Å². The minimum absolute atomic E-state index is 0.0862. The average Bonchev–Trinajstić information content (AvgIpc) is 2.32. The van der Waals surface area contributed by atoms with Crippen molar-refractivity contribution in [2.75, 3.05) is 11.9 Å². The zero-order valence-corrected chi connectivity index (χ0v) is 9.73. The fourth-order valence-electron chi connectivity index (χ4n) is 1.12. The second-order valence-corrected chi connectivity index (χ2v) is 3.20. The highest BCUT2D eigenvalue weighted by atomic mass is 16.5. The molecule has 5 nitrogen and oxygen atoms in total. The van der Waals surface area contributed by atoms with E-state index in [2.05, 4.69) is 10.3 Å². The van der Waals surface area contributed by atoms with Gasteiger partial charge < -0.3 is 10.1 Å². The number of rotatable bonds is 4. The van der Waals surface area contributed by atoms with E-state index in [4.69, 9.17) is 10.00 Å². The van der Waals surface area contributed by atoms with Gasteiger partial charge in [0.25, 0.3) is 0 Å². The molecule has 88 valence electrons. The highest BCUT2D eigenvalue weighted by Gasteiger charge is 2.09. The lowest BCUT2D eigenvalue weighted by molar-refractivity contribution is -0.138. The number of hydrogen-bond acceptors (Lipinski definition) is 5. The van der Waals surface area contributed by atoms with Crippen LogP contribution in [-0.2, 0) is 9.53 Å². The molecule has 5 heteroatoms. The Bertz CT molecular complexity index is 475. The third-order valence-electron chi connectivity index (χ3n) is 1.98. The Morgan fingerprint density at radius 3 is 3.06 bits per heavy atom. The molecule has 1 rings (SSSR count). The van der Waals surface area contributed by atoms with Crippen molar-refractivity contribution in [3.8, 4) is 6.07 Å². The molecule has 0 aliphatic heterocycles. The van der Waals surface area contributed by atoms with E-state index in [0.29, 0.717) is 5.82 Å². The summed E-state index contributed by atoms with van der Waals surface area (Å²) >= 11 is 0. The van der Waals surface area contributed by atoms with Crippen molar-refractivity contribution < 1.29 is 9.53 Å². The summed E-state index contributed by atoms with van der Waals surface area (Å²) in [6.45, 7) is 3.79. The molecule has 0 saturated heterocycles. The third kappa shape index (κ3) is 3.61. The van der Waals surface area contributed by atoms with Gasteiger partial charge in [-0.05, 0) is 25.5 Å². The number of ether oxygens (including phenoxy) is 1. The minimum Gasteiger partial charge on any atom is -0.462 e. The van der Waals surface area contributed by atoms with Crippen LogP contribution in [0.2, 0.25) is 0 Å². The number of carbonyl (C=O) groups excluding carboxylic acids is 1. The van der Waals surface area contributed by atoms with Gasteiger partial charge in [0.05, 0.1) is 6.61 Å². The van der Waals surface area contributed by atoms with Gasteiger partial charge in [0.1, 0.15) is 11.9 Å². The molecule has 0 saturated carbocycles. The summed E-state index contributed by atoms with van der Waals surface area (Å²) in [5.41, 5.74) is 0.835. The summed E-state index contributed by atoms with van der Waals surface area (Å²) < 4.78 is 4.72. The van der Waals surface area contributed by atoms with Crippen LogP contribution in [0.4, 0.5) is 5.82 Å². The van der Waals surface area contributed by atoms with E-state index in [1.165, 1.54) is 6.20 Å². The maximum atomic E-state index is 11.3. The minimum atomic E-state index is -0.643. The number of aryl methyl sites for hydroxylation is 1. The first-order valence-corrected chi connectivity index (χ1v) is 5.14. The first kappa shape index (κ1) is 12.7. The standard InChI is InChI=1S/C12H13N3O2/c1-3-17-12(16)10(7-13)8-15-11-9(2)5-4-6-14-11/h4-6,8H,3H2,1-2H3,(H,14,15)/b10-8+. The molecular formula is C12H13N3O2. The molecule has 0 bridgehead atoms. The molecule has 1 heterocycles. The van der Waals surface area contributed by atoms with Crippen LogP contribution in [0.1, 0.15) is 12.5 Å². The molecule has 0 amide bonds. The van der Waals surface area contributed by atoms with E-state index in [1.807, 2.05) is 13.0 Å². The molecule has 1 N–H and O–H groups in total. The van der Waals surface area contributed by atoms with Crippen molar-refractivity contribution >= 4 is 11.8 Å². The van der Waals surface area contributed by atoms with E-state index in [-0.39, 0.29) is 12.2 Å². The lowest BCUT2D eigenvalue weighted by Gasteiger charge is -2.04. The summed E-state index contributed by atoms with van der Waals surface area (Å²) in [6.07, 6.45) is 2.92. The fraction of sp³-hybridized carbons (Fsp3) is 0.250. The first-order chi connectivity index (χ1) is 8.19. The van der Waals surface area contributed by atoms with Crippen molar-refractivity contribution in [1.29, 1.82) is 5.26 Å². The Labute approximate surface area is 99.7 Å². The fourth-order valence-corrected chi connectivity index (χ4v) is 1.12. The van der Waals surface area contributed by atoms with Crippen molar-refractivity contribution in [2.45, 2.75) is 13.8 Å². The summed E-state index contributed by atoms with van der Waals surface area (Å²) in [5, 5.41) is 11.6. The molecule has 0 unspecified atom stereocenters. The Kier molecular flexibility index (Phi) is 4.70. The van der Waals surface area contributed by atoms with Crippen LogP contribution < -0.4 is 5.32 Å². The van der Waals surface area contributed by atoms with Gasteiger partial charge >= 0.3 is 5.97 Å². The van der Waals surface area contributed by atoms with Crippen LogP contribution in [0.25, 0.3) is 0 Å². The van der Waals surface area contributed by atoms with Gasteiger partial charge in [0.2, 0.25) is 0 Å². The molecule has 1 aromatic heterocycles. The number of hydrogen-bond donors (Lipinski definition) is 1. The molecule has 0 aliphatic carbocycles. The monoisotopic (exact) mass is 231 g/mol. The molecule has 1 aromatic rings. The van der Waals surface area contributed by atoms with Crippen LogP contribution in [0, 0.1) is 18.3 Å². The summed E-state index contributed by atoms with van der Waals surface area (Å²) in [4.78, 5) is 15.4. The molecule has 0 aromatic carbocycles. The molecule has 17 heavy (non-hydrogen) atoms. The van der Waals surface area contributed by atoms with Gasteiger partial charge in [-0.2, -0.15) is 5.26 Å². The van der Waals surface area contributed by atoms with E-state index < -0.39 is 5.97 Å². The number of nitrogens with zero attached hydrogens (tertiary/aromatic N) is 2. The Morgan fingerprint density at radius 2 is 2.47 bits per heavy atom. The van der Waals surface area contributed by atoms with E-state index in [0.717, 1.165) is 5.56 Å². The molecule has 0 spiro atoms. The lowest BCUT2D eigenvalue weighted by Crippen LogP contribution is -2.08. The van der Waals surface area contributed by atoms with E-state index >= 15 is 0 Å². The van der Waals surface area contributed by atoms with Crippen LogP contribution in [0.15, 0.2) is 30.1 Å². The van der Waals surface area contributed by atoms with Crippen molar-refractivity contribution in [3.63, 3.8) is 0 Å². The number of nitrogens with one attached hydrogen (secondary N) is 1. The predicted molar refractivity (Wildman–Crippen MR) is 62.9 cm³/mol. The summed E-state index contributed by atoms with van der Waals surface area (Å²) in [5.74, 6) is -0.0411. The third-order valence-corrected chi connectivity index (χ3v) is 1.98. The summed E-state index contributed by atoms with van der Waals surface area (Å²) in [6, 6.07) is 5.45. The predicted octanol–water partition coefficient (Wildman–Crippen LogP) is 1.77. The van der Waals surface area contributed by atoms with Gasteiger partial charge in [-0.1, -0.05) is 6.07 Å². The highest BCUT2D eigenvalue weighted by molar-refractivity contribution is 5.93. The van der Waals surface area contributed by atoms with Gasteiger partial charge in [-0.15, -0.1) is 0 Å². The number of carbonyl (C=O) groups is 1. The average molecular weight is 231 g/mol. The summed E-state index contributed by atoms with van der Waals surface area (Å²) in [7, 11) is 0. The number of pyridine rings is 1.